The second-order valence-electron chi connectivity index (χ2n) is 10.5. The predicted octanol–water partition coefficient (Wildman–Crippen LogP) is 3.15. The van der Waals surface area contributed by atoms with Crippen molar-refractivity contribution in [2.75, 3.05) is 19.8 Å². The van der Waals surface area contributed by atoms with Gasteiger partial charge < -0.3 is 32.2 Å². The van der Waals surface area contributed by atoms with Crippen molar-refractivity contribution in [1.82, 2.24) is 19.9 Å². The Morgan fingerprint density at radius 3 is 2.76 bits per heavy atom. The van der Waals surface area contributed by atoms with Crippen LogP contribution in [-0.2, 0) is 11.2 Å². The summed E-state index contributed by atoms with van der Waals surface area (Å²) >= 11 is 6.23. The molecule has 1 aliphatic heterocycles. The van der Waals surface area contributed by atoms with Crippen molar-refractivity contribution < 1.29 is 9.13 Å². The summed E-state index contributed by atoms with van der Waals surface area (Å²) in [6, 6.07) is 12.8. The summed E-state index contributed by atoms with van der Waals surface area (Å²) in [7, 11) is 0. The van der Waals surface area contributed by atoms with Gasteiger partial charge in [-0.3, -0.25) is 9.56 Å². The minimum Gasteiger partial charge on any atom is -0.378 e. The zero-order valence-electron chi connectivity index (χ0n) is 22.7. The first-order chi connectivity index (χ1) is 19.7. The first-order valence-corrected chi connectivity index (χ1v) is 13.9. The Kier molecular flexibility index (Phi) is 8.69. The highest BCUT2D eigenvalue weighted by Gasteiger charge is 2.23. The number of aromatic nitrogens is 3. The van der Waals surface area contributed by atoms with Crippen LogP contribution in [0.1, 0.15) is 36.9 Å². The molecular formula is C29H34ClFN8O2. The number of nitrogens with one attached hydrogen (secondary N) is 2. The van der Waals surface area contributed by atoms with Gasteiger partial charge in [0.25, 0.3) is 0 Å². The van der Waals surface area contributed by atoms with Gasteiger partial charge in [-0.25, -0.2) is 9.18 Å². The Bertz CT molecular complexity index is 1610. The van der Waals surface area contributed by atoms with Gasteiger partial charge >= 0.3 is 5.69 Å². The Morgan fingerprint density at radius 1 is 1.24 bits per heavy atom. The zero-order chi connectivity index (χ0) is 29.1. The van der Waals surface area contributed by atoms with Gasteiger partial charge in [0.2, 0.25) is 0 Å². The van der Waals surface area contributed by atoms with Gasteiger partial charge in [0.05, 0.1) is 48.2 Å². The fourth-order valence-electron chi connectivity index (χ4n) is 5.03. The first-order valence-electron chi connectivity index (χ1n) is 13.5. The van der Waals surface area contributed by atoms with Gasteiger partial charge in [0.1, 0.15) is 5.65 Å². The lowest BCUT2D eigenvalue weighted by molar-refractivity contribution is 0.0477. The van der Waals surface area contributed by atoms with E-state index in [2.05, 4.69) is 20.3 Å². The summed E-state index contributed by atoms with van der Waals surface area (Å²) in [5.74, 6) is -0.486. The number of aryl methyl sites for hydroxylation is 1. The molecule has 0 aliphatic carbocycles. The monoisotopic (exact) mass is 580 g/mol. The molecular weight excluding hydrogens is 547 g/mol. The fourth-order valence-corrected chi connectivity index (χ4v) is 5.27. The molecule has 0 spiro atoms. The highest BCUT2D eigenvalue weighted by atomic mass is 35.5. The van der Waals surface area contributed by atoms with Crippen LogP contribution in [-0.4, -0.2) is 52.3 Å². The highest BCUT2D eigenvalue weighted by molar-refractivity contribution is 6.31. The number of hydrogen-bond donors (Lipinski definition) is 5. The first kappa shape index (κ1) is 28.7. The van der Waals surface area contributed by atoms with Crippen LogP contribution in [0.3, 0.4) is 0 Å². The molecule has 1 aliphatic rings. The molecule has 3 atom stereocenters. The van der Waals surface area contributed by atoms with Crippen molar-refractivity contribution in [3.63, 3.8) is 0 Å². The van der Waals surface area contributed by atoms with E-state index in [0.717, 1.165) is 30.4 Å². The molecule has 1 saturated heterocycles. The average molecular weight is 581 g/mol. The van der Waals surface area contributed by atoms with Gasteiger partial charge in [-0.1, -0.05) is 23.7 Å². The number of rotatable bonds is 9. The number of aromatic amines is 1. The van der Waals surface area contributed by atoms with Crippen LogP contribution in [0.2, 0.25) is 5.02 Å². The van der Waals surface area contributed by atoms with Crippen LogP contribution in [0.5, 0.6) is 0 Å². The standard InChI is InChI=1S/C29H34ClFN8O2/c1-16(32)3-2-4-17-9-22(26(31)23(30)10-17)24-11-19-13-39(29(40)38-27(19)37-24)21-7-5-18(6-8-21)25-15-41-14-20(36-25)12-35-28(33)34/h5-11,13,16,20,25,36H,2-4,12,14-15,32H2,1H3,(H4,33,34,35)(H,37,38,40)/t16-,20+,25-/m0/s1. The number of nitrogens with two attached hydrogens (primary N) is 3. The van der Waals surface area contributed by atoms with Gasteiger partial charge in [0, 0.05) is 23.2 Å². The number of morpholine rings is 1. The molecule has 0 amide bonds. The number of aliphatic imine (C=N–C) groups is 1. The molecule has 1 fully saturated rings. The van der Waals surface area contributed by atoms with E-state index in [1.165, 1.54) is 4.57 Å². The maximum absolute atomic E-state index is 15.1. The average Bonchev–Trinajstić information content (AvgIpc) is 3.36. The van der Waals surface area contributed by atoms with Crippen LogP contribution < -0.4 is 28.2 Å². The lowest BCUT2D eigenvalue weighted by Gasteiger charge is -2.30. The summed E-state index contributed by atoms with van der Waals surface area (Å²) in [6.45, 7) is 3.40. The molecule has 10 nitrogen and oxygen atoms in total. The van der Waals surface area contributed by atoms with Crippen LogP contribution in [0.15, 0.2) is 58.4 Å². The Labute approximate surface area is 241 Å². The molecule has 0 unspecified atom stereocenters. The third kappa shape index (κ3) is 6.76. The molecule has 8 N–H and O–H groups in total. The van der Waals surface area contributed by atoms with Gasteiger partial charge in [-0.05, 0) is 67.6 Å². The van der Waals surface area contributed by atoms with E-state index >= 15 is 4.39 Å². The second kappa shape index (κ2) is 12.4. The summed E-state index contributed by atoms with van der Waals surface area (Å²) in [6.07, 6.45) is 4.15. The SMILES string of the molecule is C[C@H](N)CCCc1cc(Cl)c(F)c(-c2cc3cn(-c4ccc([C@@H]5COC[C@@H](CN=C(N)N)N5)cc4)c(=O)nc3[nH]2)c1. The van der Waals surface area contributed by atoms with E-state index in [1.807, 2.05) is 31.2 Å². The lowest BCUT2D eigenvalue weighted by Crippen LogP contribution is -2.46. The van der Waals surface area contributed by atoms with Crippen LogP contribution in [0.25, 0.3) is 28.0 Å². The Morgan fingerprint density at radius 2 is 2.02 bits per heavy atom. The number of nitrogens with zero attached hydrogens (tertiary/aromatic N) is 3. The number of benzene rings is 2. The molecule has 0 bridgehead atoms. The summed E-state index contributed by atoms with van der Waals surface area (Å²) in [4.78, 5) is 24.3. The largest absolute Gasteiger partial charge is 0.378 e. The van der Waals surface area contributed by atoms with E-state index in [1.54, 1.807) is 24.4 Å². The number of hydrogen-bond acceptors (Lipinski definition) is 6. The van der Waals surface area contributed by atoms with Gasteiger partial charge in [-0.2, -0.15) is 4.98 Å². The topological polar surface area (TPSA) is 162 Å². The third-order valence-electron chi connectivity index (χ3n) is 7.12. The van der Waals surface area contributed by atoms with Crippen molar-refractivity contribution in [3.8, 4) is 16.9 Å². The molecule has 12 heteroatoms. The molecule has 2 aromatic heterocycles. The number of fused-ring (bicyclic) bond motifs is 1. The number of H-pyrrole nitrogens is 1. The van der Waals surface area contributed by atoms with Crippen molar-refractivity contribution in [1.29, 1.82) is 0 Å². The lowest BCUT2D eigenvalue weighted by atomic mass is 10.0. The Balaban J connectivity index is 1.38. The normalized spacial score (nSPS) is 18.0. The number of ether oxygens (including phenoxy) is 1. The molecule has 0 radical (unpaired) electrons. The smallest absolute Gasteiger partial charge is 0.354 e. The van der Waals surface area contributed by atoms with E-state index in [9.17, 15) is 4.79 Å². The third-order valence-corrected chi connectivity index (χ3v) is 7.39. The molecule has 5 rings (SSSR count). The van der Waals surface area contributed by atoms with E-state index in [0.29, 0.717) is 47.7 Å². The summed E-state index contributed by atoms with van der Waals surface area (Å²) in [5.41, 5.74) is 20.0. The summed E-state index contributed by atoms with van der Waals surface area (Å²) < 4.78 is 22.3. The Hall–Kier alpha value is -3.77. The number of halogens is 2. The molecule has 0 saturated carbocycles. The quantitative estimate of drug-likeness (QED) is 0.150. The minimum absolute atomic E-state index is 0.0115. The van der Waals surface area contributed by atoms with Crippen LogP contribution in [0.4, 0.5) is 4.39 Å². The van der Waals surface area contributed by atoms with E-state index in [4.69, 9.17) is 33.5 Å². The van der Waals surface area contributed by atoms with Crippen LogP contribution >= 0.6 is 11.6 Å². The van der Waals surface area contributed by atoms with Crippen molar-refractivity contribution in [3.05, 3.63) is 81.1 Å². The van der Waals surface area contributed by atoms with Gasteiger partial charge in [-0.15, -0.1) is 0 Å². The summed E-state index contributed by atoms with van der Waals surface area (Å²) in [5, 5.41) is 4.20. The molecule has 41 heavy (non-hydrogen) atoms. The van der Waals surface area contributed by atoms with E-state index in [-0.39, 0.29) is 29.1 Å². The molecule has 2 aromatic carbocycles. The molecule has 4 aromatic rings. The maximum Gasteiger partial charge on any atom is 0.354 e. The fraction of sp³-hybridized carbons (Fsp3) is 0.345. The predicted molar refractivity (Wildman–Crippen MR) is 160 cm³/mol. The minimum atomic E-state index is -0.527. The van der Waals surface area contributed by atoms with Crippen LogP contribution in [0, 0.1) is 5.82 Å². The molecule has 3 heterocycles. The number of guanidine groups is 1. The second-order valence-corrected chi connectivity index (χ2v) is 10.9. The highest BCUT2D eigenvalue weighted by Crippen LogP contribution is 2.31. The van der Waals surface area contributed by atoms with Crippen molar-refractivity contribution in [2.24, 2.45) is 22.2 Å². The molecule has 216 valence electrons. The van der Waals surface area contributed by atoms with Gasteiger partial charge in [0.15, 0.2) is 11.8 Å². The maximum atomic E-state index is 15.1. The zero-order valence-corrected chi connectivity index (χ0v) is 23.5. The van der Waals surface area contributed by atoms with Crippen molar-refractivity contribution in [2.45, 2.75) is 44.3 Å². The van der Waals surface area contributed by atoms with Crippen molar-refractivity contribution >= 4 is 28.6 Å². The van der Waals surface area contributed by atoms with E-state index < -0.39 is 11.5 Å².